The summed E-state index contributed by atoms with van der Waals surface area (Å²) in [5.41, 5.74) is 4.96. The zero-order valence-corrected chi connectivity index (χ0v) is 10.3. The minimum atomic E-state index is 0.242. The molecule has 79 valence electrons. The molecular formula is C14H23. The molecule has 1 aliphatic rings. The molecule has 0 heterocycles. The Bertz CT molecular complexity index is 268. The van der Waals surface area contributed by atoms with E-state index in [1.54, 1.807) is 11.1 Å². The van der Waals surface area contributed by atoms with Crippen molar-refractivity contribution in [3.8, 4) is 0 Å². The Hall–Kier alpha value is -0.520. The zero-order valence-electron chi connectivity index (χ0n) is 10.3. The topological polar surface area (TPSA) is 0 Å². The highest BCUT2D eigenvalue weighted by Gasteiger charge is 2.32. The highest BCUT2D eigenvalue weighted by molar-refractivity contribution is 5.44. The smallest absolute Gasteiger partial charge is 0.0142 e. The molecule has 0 aromatic rings. The molecule has 0 amide bonds. The Kier molecular flexibility index (Phi) is 3.58. The maximum absolute atomic E-state index is 3.71. The standard InChI is InChI=1S/C14H23/c1-6-11-10-14(5,9-4)13(8-3)12(11)7-2/h6-9H2,1-5H3. The predicted molar refractivity (Wildman–Crippen MR) is 63.1 cm³/mol. The second kappa shape index (κ2) is 4.33. The van der Waals surface area contributed by atoms with Crippen molar-refractivity contribution in [3.05, 3.63) is 22.8 Å². The third-order valence-electron chi connectivity index (χ3n) is 3.59. The Morgan fingerprint density at radius 1 is 1.00 bits per heavy atom. The first-order valence-electron chi connectivity index (χ1n) is 5.99. The van der Waals surface area contributed by atoms with Gasteiger partial charge in [-0.1, -0.05) is 40.2 Å². The molecule has 0 aromatic heterocycles. The number of hydrogen-bond acceptors (Lipinski definition) is 0. The highest BCUT2D eigenvalue weighted by Crippen LogP contribution is 2.46. The first kappa shape index (κ1) is 11.6. The van der Waals surface area contributed by atoms with Crippen molar-refractivity contribution in [2.75, 3.05) is 0 Å². The van der Waals surface area contributed by atoms with E-state index in [0.717, 1.165) is 6.42 Å². The number of hydrogen-bond donors (Lipinski definition) is 0. The van der Waals surface area contributed by atoms with Crippen LogP contribution in [0.3, 0.4) is 0 Å². The molecule has 0 N–H and O–H groups in total. The molecule has 1 unspecified atom stereocenters. The molecule has 0 fully saturated rings. The van der Waals surface area contributed by atoms with E-state index in [4.69, 9.17) is 0 Å². The lowest BCUT2D eigenvalue weighted by Gasteiger charge is -2.24. The minimum absolute atomic E-state index is 0.242. The third kappa shape index (κ3) is 1.67. The van der Waals surface area contributed by atoms with Gasteiger partial charge in [-0.15, -0.1) is 0 Å². The predicted octanol–water partition coefficient (Wildman–Crippen LogP) is 4.67. The van der Waals surface area contributed by atoms with E-state index in [1.165, 1.54) is 24.8 Å². The van der Waals surface area contributed by atoms with Crippen molar-refractivity contribution < 1.29 is 0 Å². The molecule has 0 bridgehead atoms. The summed E-state index contributed by atoms with van der Waals surface area (Å²) in [5, 5.41) is 0. The molecule has 1 radical (unpaired) electrons. The average Bonchev–Trinajstić information content (AvgIpc) is 2.50. The Morgan fingerprint density at radius 2 is 1.64 bits per heavy atom. The molecule has 0 aromatic carbocycles. The number of rotatable bonds is 4. The summed E-state index contributed by atoms with van der Waals surface area (Å²) >= 11 is 0. The van der Waals surface area contributed by atoms with E-state index in [-0.39, 0.29) is 5.41 Å². The normalized spacial score (nSPS) is 27.1. The van der Waals surface area contributed by atoms with Gasteiger partial charge >= 0.3 is 0 Å². The maximum atomic E-state index is 3.71. The van der Waals surface area contributed by atoms with Gasteiger partial charge in [0.25, 0.3) is 0 Å². The van der Waals surface area contributed by atoms with Crippen LogP contribution in [0.2, 0.25) is 0 Å². The summed E-state index contributed by atoms with van der Waals surface area (Å²) < 4.78 is 0. The molecule has 0 aliphatic heterocycles. The van der Waals surface area contributed by atoms with Gasteiger partial charge in [-0.25, -0.2) is 0 Å². The van der Waals surface area contributed by atoms with Crippen molar-refractivity contribution in [2.45, 2.75) is 60.3 Å². The molecule has 1 aliphatic carbocycles. The maximum Gasteiger partial charge on any atom is 0.0142 e. The van der Waals surface area contributed by atoms with Gasteiger partial charge in [0.2, 0.25) is 0 Å². The van der Waals surface area contributed by atoms with Crippen LogP contribution in [0.15, 0.2) is 16.7 Å². The lowest BCUT2D eigenvalue weighted by atomic mass is 9.80. The average molecular weight is 191 g/mol. The van der Waals surface area contributed by atoms with E-state index in [1.807, 2.05) is 0 Å². The van der Waals surface area contributed by atoms with E-state index in [9.17, 15) is 0 Å². The Labute approximate surface area is 89.1 Å². The third-order valence-corrected chi connectivity index (χ3v) is 3.59. The summed E-state index contributed by atoms with van der Waals surface area (Å²) in [7, 11) is 0. The summed E-state index contributed by atoms with van der Waals surface area (Å²) in [4.78, 5) is 0. The monoisotopic (exact) mass is 191 g/mol. The van der Waals surface area contributed by atoms with Crippen LogP contribution >= 0.6 is 0 Å². The fourth-order valence-electron chi connectivity index (χ4n) is 2.63. The fraction of sp³-hybridized carbons (Fsp3) is 0.714. The van der Waals surface area contributed by atoms with Crippen LogP contribution in [0.25, 0.3) is 0 Å². The van der Waals surface area contributed by atoms with Gasteiger partial charge in [0, 0.05) is 5.41 Å². The SMILES string of the molecule is CCC1=[C]C(C)(CC)C(CC)=C1CC. The number of allylic oxidation sites excluding steroid dienone is 4. The Morgan fingerprint density at radius 3 is 2.00 bits per heavy atom. The van der Waals surface area contributed by atoms with Gasteiger partial charge in [0.1, 0.15) is 0 Å². The van der Waals surface area contributed by atoms with E-state index < -0.39 is 0 Å². The second-order valence-corrected chi connectivity index (χ2v) is 4.31. The van der Waals surface area contributed by atoms with Crippen molar-refractivity contribution >= 4 is 0 Å². The molecule has 1 atom stereocenters. The van der Waals surface area contributed by atoms with Crippen LogP contribution in [-0.4, -0.2) is 0 Å². The molecule has 0 nitrogen and oxygen atoms in total. The zero-order chi connectivity index (χ0) is 10.8. The summed E-state index contributed by atoms with van der Waals surface area (Å²) in [6, 6.07) is 0. The van der Waals surface area contributed by atoms with E-state index >= 15 is 0 Å². The van der Waals surface area contributed by atoms with Crippen LogP contribution in [0, 0.1) is 11.5 Å². The largest absolute Gasteiger partial charge is 0.0642 e. The first-order chi connectivity index (χ1) is 6.62. The minimum Gasteiger partial charge on any atom is -0.0642 e. The van der Waals surface area contributed by atoms with Gasteiger partial charge in [-0.3, -0.25) is 0 Å². The first-order valence-corrected chi connectivity index (χ1v) is 5.99. The fourth-order valence-corrected chi connectivity index (χ4v) is 2.63. The van der Waals surface area contributed by atoms with Crippen molar-refractivity contribution in [2.24, 2.45) is 5.41 Å². The molecule has 0 saturated carbocycles. The van der Waals surface area contributed by atoms with Gasteiger partial charge in [-0.05, 0) is 42.9 Å². The molecule has 0 saturated heterocycles. The summed E-state index contributed by atoms with van der Waals surface area (Å²) in [6.45, 7) is 11.4. The van der Waals surface area contributed by atoms with Crippen LogP contribution in [0.4, 0.5) is 0 Å². The highest BCUT2D eigenvalue weighted by atomic mass is 14.4. The van der Waals surface area contributed by atoms with Crippen LogP contribution in [-0.2, 0) is 0 Å². The van der Waals surface area contributed by atoms with Gasteiger partial charge in [-0.2, -0.15) is 0 Å². The van der Waals surface area contributed by atoms with Crippen LogP contribution in [0.1, 0.15) is 60.3 Å². The Balaban J connectivity index is 3.15. The second-order valence-electron chi connectivity index (χ2n) is 4.31. The lowest BCUT2D eigenvalue weighted by Crippen LogP contribution is -2.13. The van der Waals surface area contributed by atoms with Crippen LogP contribution in [0.5, 0.6) is 0 Å². The lowest BCUT2D eigenvalue weighted by molar-refractivity contribution is 0.469. The summed E-state index contributed by atoms with van der Waals surface area (Å²) in [5.74, 6) is 0. The van der Waals surface area contributed by atoms with Crippen molar-refractivity contribution in [1.29, 1.82) is 0 Å². The van der Waals surface area contributed by atoms with Gasteiger partial charge in [0.05, 0.1) is 0 Å². The van der Waals surface area contributed by atoms with Crippen LogP contribution < -0.4 is 0 Å². The van der Waals surface area contributed by atoms with Gasteiger partial charge in [0.15, 0.2) is 0 Å². The van der Waals surface area contributed by atoms with E-state index in [2.05, 4.69) is 40.7 Å². The molecule has 0 spiro atoms. The van der Waals surface area contributed by atoms with Crippen molar-refractivity contribution in [1.82, 2.24) is 0 Å². The summed E-state index contributed by atoms with van der Waals surface area (Å²) in [6.07, 6.45) is 8.40. The van der Waals surface area contributed by atoms with Gasteiger partial charge < -0.3 is 0 Å². The molecular weight excluding hydrogens is 168 g/mol. The molecule has 1 rings (SSSR count). The van der Waals surface area contributed by atoms with Crippen molar-refractivity contribution in [3.63, 3.8) is 0 Å². The molecule has 0 heteroatoms. The molecule has 14 heavy (non-hydrogen) atoms. The quantitative estimate of drug-likeness (QED) is 0.605. The van der Waals surface area contributed by atoms with E-state index in [0.29, 0.717) is 0 Å².